The molecule has 1 aliphatic carbocycles. The van der Waals surface area contributed by atoms with Crippen LogP contribution in [0.5, 0.6) is 0 Å². The summed E-state index contributed by atoms with van der Waals surface area (Å²) in [6, 6.07) is 4.96. The molecule has 0 bridgehead atoms. The molecule has 2 aromatic heterocycles. The molecule has 3 aromatic rings. The average molecular weight is 527 g/mol. The molecule has 4 N–H and O–H groups in total. The number of carbonyl (C=O) groups is 1. The highest BCUT2D eigenvalue weighted by atomic mass is 19.1. The summed E-state index contributed by atoms with van der Waals surface area (Å²) in [5, 5.41) is 0. The monoisotopic (exact) mass is 526 g/mol. The molecule has 38 heavy (non-hydrogen) atoms. The summed E-state index contributed by atoms with van der Waals surface area (Å²) in [4.78, 5) is 21.6. The van der Waals surface area contributed by atoms with Crippen LogP contribution in [-0.2, 0) is 16.8 Å². The minimum absolute atomic E-state index is 0.0723. The van der Waals surface area contributed by atoms with E-state index in [1.54, 1.807) is 26.2 Å². The van der Waals surface area contributed by atoms with Gasteiger partial charge in [0.2, 0.25) is 0 Å². The number of hydrogen-bond donors (Lipinski definition) is 2. The molecule has 3 atom stereocenters. The topological polar surface area (TPSA) is 104 Å². The van der Waals surface area contributed by atoms with Crippen molar-refractivity contribution in [3.8, 4) is 11.3 Å². The van der Waals surface area contributed by atoms with Gasteiger partial charge in [-0.3, -0.25) is 9.78 Å². The molecular weight excluding hydrogens is 493 g/mol. The summed E-state index contributed by atoms with van der Waals surface area (Å²) in [6.45, 7) is 5.45. The standard InChI is InChI=1S/C29H33F3N4O2/c1-15-7-16(9-19(33)8-15)20-5-6-35-14-17(20)10-25(37)28-24(34)13-23(32)27(36-28)26-21(30)11-18(12-22(26)31)29(2,3)38-4/h5-6,11-16,19H,7-10,33-34H2,1-4H3/t15-,16+,19-/m0/s1. The smallest absolute Gasteiger partial charge is 0.187 e. The molecule has 1 fully saturated rings. The summed E-state index contributed by atoms with van der Waals surface area (Å²) in [7, 11) is 1.42. The number of ether oxygens (including phenoxy) is 1. The van der Waals surface area contributed by atoms with Crippen LogP contribution in [0.4, 0.5) is 18.9 Å². The third-order valence-electron chi connectivity index (χ3n) is 7.47. The molecule has 0 spiro atoms. The van der Waals surface area contributed by atoms with Gasteiger partial charge in [-0.1, -0.05) is 6.92 Å². The Labute approximate surface area is 220 Å². The minimum Gasteiger partial charge on any atom is -0.397 e. The maximum absolute atomic E-state index is 15.1. The number of hydrogen-bond acceptors (Lipinski definition) is 6. The highest BCUT2D eigenvalue weighted by Crippen LogP contribution is 2.38. The van der Waals surface area contributed by atoms with E-state index in [0.29, 0.717) is 11.5 Å². The van der Waals surface area contributed by atoms with Gasteiger partial charge in [-0.25, -0.2) is 18.2 Å². The zero-order valence-electron chi connectivity index (χ0n) is 22.0. The molecule has 4 rings (SSSR count). The number of nitrogen functional groups attached to an aromatic ring is 1. The van der Waals surface area contributed by atoms with Crippen LogP contribution in [0, 0.1) is 23.4 Å². The van der Waals surface area contributed by atoms with E-state index >= 15 is 8.78 Å². The van der Waals surface area contributed by atoms with Crippen LogP contribution in [0.15, 0.2) is 36.7 Å². The molecule has 0 radical (unpaired) electrons. The quantitative estimate of drug-likeness (QED) is 0.384. The van der Waals surface area contributed by atoms with Crippen molar-refractivity contribution in [1.82, 2.24) is 9.97 Å². The van der Waals surface area contributed by atoms with Crippen molar-refractivity contribution in [3.05, 3.63) is 76.5 Å². The molecule has 0 unspecified atom stereocenters. The van der Waals surface area contributed by atoms with Gasteiger partial charge in [0.05, 0.1) is 16.9 Å². The van der Waals surface area contributed by atoms with E-state index in [-0.39, 0.29) is 35.3 Å². The highest BCUT2D eigenvalue weighted by molar-refractivity contribution is 6.00. The number of aromatic nitrogens is 2. The summed E-state index contributed by atoms with van der Waals surface area (Å²) in [5.74, 6) is -2.99. The number of benzene rings is 1. The minimum atomic E-state index is -1.04. The highest BCUT2D eigenvalue weighted by Gasteiger charge is 2.29. The second kappa shape index (κ2) is 10.8. The lowest BCUT2D eigenvalue weighted by Crippen LogP contribution is -2.31. The van der Waals surface area contributed by atoms with Gasteiger partial charge in [0.1, 0.15) is 23.0 Å². The second-order valence-electron chi connectivity index (χ2n) is 10.7. The molecule has 1 aliphatic rings. The Bertz CT molecular complexity index is 1330. The first kappa shape index (κ1) is 27.7. The zero-order valence-corrected chi connectivity index (χ0v) is 22.0. The lowest BCUT2D eigenvalue weighted by atomic mass is 9.75. The Morgan fingerprint density at radius 1 is 1.11 bits per heavy atom. The number of halogens is 3. The Kier molecular flexibility index (Phi) is 7.90. The molecule has 0 amide bonds. The lowest BCUT2D eigenvalue weighted by molar-refractivity contribution is 0.0187. The van der Waals surface area contributed by atoms with Crippen molar-refractivity contribution in [2.75, 3.05) is 12.8 Å². The largest absolute Gasteiger partial charge is 0.397 e. The number of Topliss-reactive ketones (excluding diaryl/α,β-unsaturated/α-hetero) is 1. The first-order valence-electron chi connectivity index (χ1n) is 12.6. The number of pyridine rings is 2. The maximum atomic E-state index is 15.1. The second-order valence-corrected chi connectivity index (χ2v) is 10.7. The number of ketones is 1. The van der Waals surface area contributed by atoms with E-state index in [0.717, 1.165) is 43.0 Å². The predicted molar refractivity (Wildman–Crippen MR) is 140 cm³/mol. The van der Waals surface area contributed by atoms with Gasteiger partial charge < -0.3 is 16.2 Å². The number of anilines is 1. The summed E-state index contributed by atoms with van der Waals surface area (Å²) in [5.41, 5.74) is 11.4. The van der Waals surface area contributed by atoms with Crippen molar-refractivity contribution in [2.24, 2.45) is 11.7 Å². The van der Waals surface area contributed by atoms with E-state index in [1.807, 2.05) is 6.07 Å². The number of carbonyl (C=O) groups excluding carboxylic acids is 1. The molecule has 202 valence electrons. The Morgan fingerprint density at radius 3 is 2.42 bits per heavy atom. The molecule has 6 nitrogen and oxygen atoms in total. The van der Waals surface area contributed by atoms with E-state index in [1.165, 1.54) is 7.11 Å². The van der Waals surface area contributed by atoms with Crippen LogP contribution in [0.1, 0.15) is 73.1 Å². The molecule has 0 aliphatic heterocycles. The first-order valence-corrected chi connectivity index (χ1v) is 12.6. The summed E-state index contributed by atoms with van der Waals surface area (Å²) < 4.78 is 50.4. The molecule has 0 saturated heterocycles. The Morgan fingerprint density at radius 2 is 1.79 bits per heavy atom. The van der Waals surface area contributed by atoms with Crippen molar-refractivity contribution in [2.45, 2.75) is 64.0 Å². The fraction of sp³-hybridized carbons (Fsp3) is 0.414. The van der Waals surface area contributed by atoms with Gasteiger partial charge in [0.15, 0.2) is 11.6 Å². The van der Waals surface area contributed by atoms with E-state index in [9.17, 15) is 9.18 Å². The number of rotatable bonds is 7. The van der Waals surface area contributed by atoms with Gasteiger partial charge in [-0.15, -0.1) is 0 Å². The third kappa shape index (κ3) is 5.59. The fourth-order valence-corrected chi connectivity index (χ4v) is 5.32. The first-order chi connectivity index (χ1) is 17.9. The molecular formula is C29H33F3N4O2. The Balaban J connectivity index is 1.70. The van der Waals surface area contributed by atoms with Crippen LogP contribution in [-0.4, -0.2) is 28.9 Å². The zero-order chi connectivity index (χ0) is 27.8. The Hall–Kier alpha value is -3.30. The van der Waals surface area contributed by atoms with Gasteiger partial charge in [0, 0.05) is 38.0 Å². The summed E-state index contributed by atoms with van der Waals surface area (Å²) >= 11 is 0. The van der Waals surface area contributed by atoms with E-state index in [2.05, 4.69) is 16.9 Å². The number of methoxy groups -OCH3 is 1. The average Bonchev–Trinajstić information content (AvgIpc) is 2.84. The van der Waals surface area contributed by atoms with Gasteiger partial charge >= 0.3 is 0 Å². The van der Waals surface area contributed by atoms with Crippen molar-refractivity contribution >= 4 is 11.5 Å². The van der Waals surface area contributed by atoms with Crippen LogP contribution < -0.4 is 11.5 Å². The van der Waals surface area contributed by atoms with Crippen molar-refractivity contribution in [3.63, 3.8) is 0 Å². The fourth-order valence-electron chi connectivity index (χ4n) is 5.32. The normalized spacial score (nSPS) is 19.9. The van der Waals surface area contributed by atoms with Crippen LogP contribution in [0.25, 0.3) is 11.3 Å². The summed E-state index contributed by atoms with van der Waals surface area (Å²) in [6.07, 6.45) is 5.88. The number of nitrogens with two attached hydrogens (primary N) is 2. The van der Waals surface area contributed by atoms with Crippen molar-refractivity contribution in [1.29, 1.82) is 0 Å². The van der Waals surface area contributed by atoms with Crippen molar-refractivity contribution < 1.29 is 22.7 Å². The van der Waals surface area contributed by atoms with Crippen LogP contribution in [0.3, 0.4) is 0 Å². The van der Waals surface area contributed by atoms with Crippen LogP contribution >= 0.6 is 0 Å². The van der Waals surface area contributed by atoms with Gasteiger partial charge in [-0.05, 0) is 79.8 Å². The van der Waals surface area contributed by atoms with E-state index < -0.39 is 40.1 Å². The number of nitrogens with zero attached hydrogens (tertiary/aromatic N) is 2. The molecule has 2 heterocycles. The third-order valence-corrected chi connectivity index (χ3v) is 7.47. The molecule has 9 heteroatoms. The lowest BCUT2D eigenvalue weighted by Gasteiger charge is -2.32. The molecule has 1 aromatic carbocycles. The predicted octanol–water partition coefficient (Wildman–Crippen LogP) is 5.68. The SMILES string of the molecule is COC(C)(C)c1cc(F)c(-c2nc(C(=O)Cc3cnccc3[C@@H]3C[C@H](C)C[C@H](N)C3)c(N)cc2F)c(F)c1. The van der Waals surface area contributed by atoms with Gasteiger partial charge in [-0.2, -0.15) is 0 Å². The van der Waals surface area contributed by atoms with Gasteiger partial charge in [0.25, 0.3) is 0 Å². The van der Waals surface area contributed by atoms with E-state index in [4.69, 9.17) is 16.2 Å². The van der Waals surface area contributed by atoms with Crippen LogP contribution in [0.2, 0.25) is 0 Å². The molecule has 1 saturated carbocycles. The maximum Gasteiger partial charge on any atom is 0.187 e.